The highest BCUT2D eigenvalue weighted by molar-refractivity contribution is 8.04. The number of fused-ring (bicyclic) bond motifs is 1. The quantitative estimate of drug-likeness (QED) is 0.488. The molecule has 0 aliphatic carbocycles. The second-order valence-electron chi connectivity index (χ2n) is 9.55. The zero-order chi connectivity index (χ0) is 25.9. The maximum atomic E-state index is 13.6. The number of aryl methyl sites for hydroxylation is 1. The van der Waals surface area contributed by atoms with Gasteiger partial charge < -0.3 is 15.5 Å². The van der Waals surface area contributed by atoms with Crippen LogP contribution in [0.2, 0.25) is 0 Å². The average Bonchev–Trinajstić information content (AvgIpc) is 2.92. The minimum atomic E-state index is -0.292. The summed E-state index contributed by atoms with van der Waals surface area (Å²) in [6.45, 7) is 3.60. The van der Waals surface area contributed by atoms with Gasteiger partial charge in [0.25, 0.3) is 11.8 Å². The van der Waals surface area contributed by atoms with E-state index in [4.69, 9.17) is 5.73 Å². The summed E-state index contributed by atoms with van der Waals surface area (Å²) in [6.07, 6.45) is 3.09. The number of nitrogens with zero attached hydrogens (tertiary/aromatic N) is 2. The number of carbonyl (C=O) groups excluding carboxylic acids is 3. The minimum absolute atomic E-state index is 0.0400. The van der Waals surface area contributed by atoms with Crippen molar-refractivity contribution in [3.63, 3.8) is 0 Å². The molecule has 1 saturated heterocycles. The number of thioether (sulfide) groups is 1. The number of piperidine rings is 1. The molecule has 3 aromatic rings. The van der Waals surface area contributed by atoms with Gasteiger partial charge in [0.2, 0.25) is 5.91 Å². The Balaban J connectivity index is 1.34. The van der Waals surface area contributed by atoms with Gasteiger partial charge in [-0.25, -0.2) is 0 Å². The van der Waals surface area contributed by atoms with Crippen molar-refractivity contribution in [1.82, 2.24) is 4.90 Å². The third-order valence-electron chi connectivity index (χ3n) is 6.93. The van der Waals surface area contributed by atoms with Gasteiger partial charge in [0, 0.05) is 29.5 Å². The smallest absolute Gasteiger partial charge is 0.265 e. The fraction of sp³-hybridized carbons (Fsp3) is 0.233. The van der Waals surface area contributed by atoms with Crippen LogP contribution < -0.4 is 10.6 Å². The van der Waals surface area contributed by atoms with E-state index in [0.717, 1.165) is 21.7 Å². The maximum absolute atomic E-state index is 13.6. The van der Waals surface area contributed by atoms with Crippen LogP contribution >= 0.6 is 11.8 Å². The van der Waals surface area contributed by atoms with Gasteiger partial charge in [0.1, 0.15) is 0 Å². The highest BCUT2D eigenvalue weighted by atomic mass is 32.2. The Labute approximate surface area is 221 Å². The van der Waals surface area contributed by atoms with Gasteiger partial charge in [-0.3, -0.25) is 14.4 Å². The van der Waals surface area contributed by atoms with Gasteiger partial charge in [-0.2, -0.15) is 0 Å². The summed E-state index contributed by atoms with van der Waals surface area (Å²) in [4.78, 5) is 43.2. The number of hydrogen-bond donors (Lipinski definition) is 1. The molecule has 0 radical (unpaired) electrons. The molecule has 2 N–H and O–H groups in total. The van der Waals surface area contributed by atoms with Crippen LogP contribution in [0, 0.1) is 12.8 Å². The molecule has 2 heterocycles. The first kappa shape index (κ1) is 24.8. The van der Waals surface area contributed by atoms with Crippen LogP contribution in [0.1, 0.15) is 39.9 Å². The van der Waals surface area contributed by atoms with Crippen LogP contribution in [0.5, 0.6) is 0 Å². The van der Waals surface area contributed by atoms with E-state index in [2.05, 4.69) is 24.3 Å². The molecule has 2 aliphatic heterocycles. The molecule has 188 valence electrons. The van der Waals surface area contributed by atoms with Crippen LogP contribution in [0.3, 0.4) is 0 Å². The van der Waals surface area contributed by atoms with E-state index in [-0.39, 0.29) is 23.6 Å². The summed E-state index contributed by atoms with van der Waals surface area (Å²) < 4.78 is 0. The van der Waals surface area contributed by atoms with E-state index < -0.39 is 0 Å². The first-order valence-corrected chi connectivity index (χ1v) is 13.3. The molecule has 0 aromatic heterocycles. The van der Waals surface area contributed by atoms with Crippen molar-refractivity contribution in [3.05, 3.63) is 100.0 Å². The van der Waals surface area contributed by atoms with Crippen molar-refractivity contribution in [2.24, 2.45) is 11.7 Å². The predicted octanol–water partition coefficient (Wildman–Crippen LogP) is 5.01. The molecule has 0 saturated carbocycles. The monoisotopic (exact) mass is 511 g/mol. The molecule has 7 heteroatoms. The number of amides is 3. The van der Waals surface area contributed by atoms with Crippen LogP contribution in [-0.4, -0.2) is 35.7 Å². The highest BCUT2D eigenvalue weighted by Crippen LogP contribution is 2.42. The van der Waals surface area contributed by atoms with Crippen molar-refractivity contribution < 1.29 is 14.4 Å². The Morgan fingerprint density at radius 3 is 2.32 bits per heavy atom. The zero-order valence-electron chi connectivity index (χ0n) is 20.7. The van der Waals surface area contributed by atoms with Gasteiger partial charge in [-0.15, -0.1) is 0 Å². The number of para-hydroxylation sites is 1. The van der Waals surface area contributed by atoms with E-state index in [1.54, 1.807) is 17.0 Å². The Hall–Kier alpha value is -3.84. The molecule has 2 aliphatic rings. The summed E-state index contributed by atoms with van der Waals surface area (Å²) in [5, 5.41) is 0. The third kappa shape index (κ3) is 5.47. The summed E-state index contributed by atoms with van der Waals surface area (Å²) in [7, 11) is 0. The number of likely N-dealkylation sites (tertiary alicyclic amines) is 1. The lowest BCUT2D eigenvalue weighted by molar-refractivity contribution is -0.123. The fourth-order valence-electron chi connectivity index (χ4n) is 4.72. The van der Waals surface area contributed by atoms with Crippen molar-refractivity contribution in [2.45, 2.75) is 31.2 Å². The molecule has 6 nitrogen and oxygen atoms in total. The largest absolute Gasteiger partial charge is 0.369 e. The predicted molar refractivity (Wildman–Crippen MR) is 147 cm³/mol. The SMILES string of the molecule is Cc1ccc(CN2C(=O)C(=Cc3ccc(C(=O)N4CCC(C(N)=O)CC4)cc3)Sc3ccccc32)cc1. The van der Waals surface area contributed by atoms with E-state index in [1.807, 2.05) is 54.3 Å². The van der Waals surface area contributed by atoms with Crippen LogP contribution in [0.15, 0.2) is 82.6 Å². The summed E-state index contributed by atoms with van der Waals surface area (Å²) in [5.41, 5.74) is 10.0. The van der Waals surface area contributed by atoms with Crippen molar-refractivity contribution in [2.75, 3.05) is 18.0 Å². The van der Waals surface area contributed by atoms with Gasteiger partial charge in [-0.1, -0.05) is 65.9 Å². The van der Waals surface area contributed by atoms with E-state index in [9.17, 15) is 14.4 Å². The molecule has 0 unspecified atom stereocenters. The third-order valence-corrected chi connectivity index (χ3v) is 8.01. The lowest BCUT2D eigenvalue weighted by Crippen LogP contribution is -2.41. The van der Waals surface area contributed by atoms with Gasteiger partial charge >= 0.3 is 0 Å². The summed E-state index contributed by atoms with van der Waals surface area (Å²) in [5.74, 6) is -0.538. The normalized spacial score (nSPS) is 17.1. The minimum Gasteiger partial charge on any atom is -0.369 e. The molecule has 3 amide bonds. The first-order chi connectivity index (χ1) is 17.9. The van der Waals surface area contributed by atoms with Crippen LogP contribution in [-0.2, 0) is 16.1 Å². The molecule has 0 bridgehead atoms. The second-order valence-corrected chi connectivity index (χ2v) is 10.6. The standard InChI is InChI=1S/C30H29N3O3S/c1-20-6-8-22(9-7-20)19-33-25-4-2-3-5-26(25)37-27(30(33)36)18-21-10-12-24(13-11-21)29(35)32-16-14-23(15-17-32)28(31)34/h2-13,18,23H,14-17,19H2,1H3,(H2,31,34). The second kappa shape index (κ2) is 10.6. The lowest BCUT2D eigenvalue weighted by Gasteiger charge is -2.31. The Morgan fingerprint density at radius 1 is 0.973 bits per heavy atom. The average molecular weight is 512 g/mol. The van der Waals surface area contributed by atoms with Crippen LogP contribution in [0.4, 0.5) is 5.69 Å². The molecule has 1 fully saturated rings. The summed E-state index contributed by atoms with van der Waals surface area (Å²) in [6, 6.07) is 23.5. The lowest BCUT2D eigenvalue weighted by atomic mass is 9.96. The van der Waals surface area contributed by atoms with Gasteiger partial charge in [0.05, 0.1) is 17.1 Å². The van der Waals surface area contributed by atoms with Gasteiger partial charge in [0.15, 0.2) is 0 Å². The maximum Gasteiger partial charge on any atom is 0.265 e. The number of benzene rings is 3. The topological polar surface area (TPSA) is 83.7 Å². The van der Waals surface area contributed by atoms with E-state index in [1.165, 1.54) is 17.3 Å². The fourth-order valence-corrected chi connectivity index (χ4v) is 5.78. The number of carbonyl (C=O) groups is 3. The van der Waals surface area contributed by atoms with Gasteiger partial charge in [-0.05, 0) is 61.2 Å². The number of primary amides is 1. The number of rotatable bonds is 5. The van der Waals surface area contributed by atoms with E-state index >= 15 is 0 Å². The van der Waals surface area contributed by atoms with Crippen molar-refractivity contribution in [1.29, 1.82) is 0 Å². The Morgan fingerprint density at radius 2 is 1.65 bits per heavy atom. The number of nitrogens with two attached hydrogens (primary N) is 1. The summed E-state index contributed by atoms with van der Waals surface area (Å²) >= 11 is 1.47. The van der Waals surface area contributed by atoms with Crippen molar-refractivity contribution in [3.8, 4) is 0 Å². The molecule has 37 heavy (non-hydrogen) atoms. The molecule has 0 spiro atoms. The highest BCUT2D eigenvalue weighted by Gasteiger charge is 2.29. The number of anilines is 1. The van der Waals surface area contributed by atoms with Crippen molar-refractivity contribution >= 4 is 41.2 Å². The van der Waals surface area contributed by atoms with Crippen LogP contribution in [0.25, 0.3) is 6.08 Å². The van der Waals surface area contributed by atoms with E-state index in [0.29, 0.717) is 42.9 Å². The number of hydrogen-bond acceptors (Lipinski definition) is 4. The first-order valence-electron chi connectivity index (χ1n) is 12.4. The molecule has 0 atom stereocenters. The molecule has 3 aromatic carbocycles. The molecular formula is C30H29N3O3S. The molecule has 5 rings (SSSR count). The molecular weight excluding hydrogens is 482 g/mol. The Kier molecular flexibility index (Phi) is 7.15. The Bertz CT molecular complexity index is 1360. The zero-order valence-corrected chi connectivity index (χ0v) is 21.5.